The van der Waals surface area contributed by atoms with Gasteiger partial charge < -0.3 is 4.90 Å². The zero-order valence-corrected chi connectivity index (χ0v) is 9.55. The van der Waals surface area contributed by atoms with Crippen LogP contribution < -0.4 is 11.3 Å². The highest BCUT2D eigenvalue weighted by Gasteiger charge is 2.09. The van der Waals surface area contributed by atoms with Crippen LogP contribution in [0.2, 0.25) is 0 Å². The number of hydrogen-bond donors (Lipinski definition) is 2. The molecule has 0 saturated heterocycles. The Hall–Kier alpha value is -0.610. The van der Waals surface area contributed by atoms with E-state index in [9.17, 15) is 4.79 Å². The second kappa shape index (κ2) is 7.76. The van der Waals surface area contributed by atoms with Crippen molar-refractivity contribution in [1.82, 2.24) is 10.3 Å². The number of hydrazine groups is 1. The van der Waals surface area contributed by atoms with Gasteiger partial charge in [0.25, 0.3) is 0 Å². The van der Waals surface area contributed by atoms with Gasteiger partial charge in [0.2, 0.25) is 5.91 Å². The Kier molecular flexibility index (Phi) is 7.42. The summed E-state index contributed by atoms with van der Waals surface area (Å²) in [6.07, 6.45) is 3.79. The third-order valence-corrected chi connectivity index (χ3v) is 2.57. The number of carbonyl (C=O) groups is 1. The van der Waals surface area contributed by atoms with E-state index in [1.807, 2.05) is 0 Å². The van der Waals surface area contributed by atoms with Gasteiger partial charge >= 0.3 is 0 Å². The Labute approximate surface area is 86.8 Å². The quantitative estimate of drug-likeness (QED) is 0.365. The van der Waals surface area contributed by atoms with Crippen LogP contribution in [0.1, 0.15) is 39.5 Å². The predicted molar refractivity (Wildman–Crippen MR) is 58.6 cm³/mol. The first-order valence-corrected chi connectivity index (χ1v) is 5.31. The molecule has 0 aromatic rings. The fourth-order valence-corrected chi connectivity index (χ4v) is 1.26. The number of rotatable bonds is 7. The van der Waals surface area contributed by atoms with Crippen molar-refractivity contribution in [3.63, 3.8) is 0 Å². The monoisotopic (exact) mass is 201 g/mol. The van der Waals surface area contributed by atoms with Gasteiger partial charge in [0.05, 0.1) is 0 Å². The molecule has 1 amide bonds. The van der Waals surface area contributed by atoms with E-state index >= 15 is 0 Å². The maximum absolute atomic E-state index is 10.9. The van der Waals surface area contributed by atoms with Crippen molar-refractivity contribution in [2.24, 2.45) is 5.84 Å². The minimum Gasteiger partial charge on any atom is -0.304 e. The molecule has 0 fully saturated rings. The SMILES string of the molecule is CCCCN(C)C(C)CCC(=O)NN. The van der Waals surface area contributed by atoms with Crippen molar-refractivity contribution in [3.05, 3.63) is 0 Å². The Morgan fingerprint density at radius 1 is 1.57 bits per heavy atom. The van der Waals surface area contributed by atoms with Crippen LogP contribution >= 0.6 is 0 Å². The highest BCUT2D eigenvalue weighted by atomic mass is 16.2. The van der Waals surface area contributed by atoms with Crippen molar-refractivity contribution in [2.45, 2.75) is 45.6 Å². The van der Waals surface area contributed by atoms with Crippen molar-refractivity contribution < 1.29 is 4.79 Å². The molecule has 84 valence electrons. The van der Waals surface area contributed by atoms with Crippen LogP contribution in [0.3, 0.4) is 0 Å². The molecule has 14 heavy (non-hydrogen) atoms. The van der Waals surface area contributed by atoms with E-state index in [1.165, 1.54) is 12.8 Å². The van der Waals surface area contributed by atoms with Crippen LogP contribution in [-0.2, 0) is 4.79 Å². The minimum atomic E-state index is -0.0826. The lowest BCUT2D eigenvalue weighted by molar-refractivity contribution is -0.121. The standard InChI is InChI=1S/C10H23N3O/c1-4-5-8-13(3)9(2)6-7-10(14)12-11/h9H,4-8,11H2,1-3H3,(H,12,14). The number of unbranched alkanes of at least 4 members (excludes halogenated alkanes) is 1. The first-order valence-electron chi connectivity index (χ1n) is 5.31. The van der Waals surface area contributed by atoms with Gasteiger partial charge in [-0.2, -0.15) is 0 Å². The fourth-order valence-electron chi connectivity index (χ4n) is 1.26. The molecular weight excluding hydrogens is 178 g/mol. The maximum atomic E-state index is 10.9. The fraction of sp³-hybridized carbons (Fsp3) is 0.900. The van der Waals surface area contributed by atoms with Crippen LogP contribution in [0.5, 0.6) is 0 Å². The van der Waals surface area contributed by atoms with Gasteiger partial charge in [-0.05, 0) is 33.4 Å². The van der Waals surface area contributed by atoms with Crippen molar-refractivity contribution >= 4 is 5.91 Å². The molecule has 0 aliphatic heterocycles. The number of nitrogens with one attached hydrogen (secondary N) is 1. The predicted octanol–water partition coefficient (Wildman–Crippen LogP) is 0.877. The molecule has 0 bridgehead atoms. The van der Waals surface area contributed by atoms with Gasteiger partial charge in [0.15, 0.2) is 0 Å². The van der Waals surface area contributed by atoms with E-state index in [2.05, 4.69) is 31.2 Å². The smallest absolute Gasteiger partial charge is 0.233 e. The van der Waals surface area contributed by atoms with E-state index in [1.54, 1.807) is 0 Å². The van der Waals surface area contributed by atoms with Gasteiger partial charge in [-0.15, -0.1) is 0 Å². The highest BCUT2D eigenvalue weighted by molar-refractivity contribution is 5.75. The number of nitrogens with zero attached hydrogens (tertiary/aromatic N) is 1. The summed E-state index contributed by atoms with van der Waals surface area (Å²) in [6, 6.07) is 0.443. The Balaban J connectivity index is 3.60. The number of nitrogens with two attached hydrogens (primary N) is 1. The molecule has 4 nitrogen and oxygen atoms in total. The molecule has 3 N–H and O–H groups in total. The van der Waals surface area contributed by atoms with E-state index in [-0.39, 0.29) is 5.91 Å². The second-order valence-corrected chi connectivity index (χ2v) is 3.79. The summed E-state index contributed by atoms with van der Waals surface area (Å²) in [5.41, 5.74) is 2.14. The first-order chi connectivity index (χ1) is 6.61. The van der Waals surface area contributed by atoms with Crippen LogP contribution in [0.15, 0.2) is 0 Å². The summed E-state index contributed by atoms with van der Waals surface area (Å²) in [5, 5.41) is 0. The van der Waals surface area contributed by atoms with E-state index in [4.69, 9.17) is 5.84 Å². The Bertz CT molecular complexity index is 161. The first kappa shape index (κ1) is 13.4. The average molecular weight is 201 g/mol. The topological polar surface area (TPSA) is 58.4 Å². The zero-order chi connectivity index (χ0) is 11.0. The van der Waals surface area contributed by atoms with Gasteiger partial charge in [0, 0.05) is 12.5 Å². The van der Waals surface area contributed by atoms with Crippen molar-refractivity contribution in [3.8, 4) is 0 Å². The molecule has 0 aromatic carbocycles. The maximum Gasteiger partial charge on any atom is 0.233 e. The van der Waals surface area contributed by atoms with Gasteiger partial charge in [-0.1, -0.05) is 13.3 Å². The van der Waals surface area contributed by atoms with Gasteiger partial charge in [0.1, 0.15) is 0 Å². The lowest BCUT2D eigenvalue weighted by Gasteiger charge is -2.24. The molecule has 0 aliphatic carbocycles. The Morgan fingerprint density at radius 3 is 2.71 bits per heavy atom. The molecular formula is C10H23N3O. The highest BCUT2D eigenvalue weighted by Crippen LogP contribution is 2.05. The average Bonchev–Trinajstić information content (AvgIpc) is 2.21. The summed E-state index contributed by atoms with van der Waals surface area (Å²) in [7, 11) is 2.10. The van der Waals surface area contributed by atoms with Gasteiger partial charge in [-0.25, -0.2) is 5.84 Å². The number of hydrogen-bond acceptors (Lipinski definition) is 3. The summed E-state index contributed by atoms with van der Waals surface area (Å²) < 4.78 is 0. The third kappa shape index (κ3) is 5.94. The van der Waals surface area contributed by atoms with Crippen molar-refractivity contribution in [1.29, 1.82) is 0 Å². The minimum absolute atomic E-state index is 0.0826. The molecule has 0 heterocycles. The summed E-state index contributed by atoms with van der Waals surface area (Å²) in [5.74, 6) is 4.92. The number of carbonyl (C=O) groups excluding carboxylic acids is 1. The molecule has 0 aromatic heterocycles. The van der Waals surface area contributed by atoms with Crippen LogP contribution in [0, 0.1) is 0 Å². The van der Waals surface area contributed by atoms with Crippen LogP contribution in [0.4, 0.5) is 0 Å². The molecule has 0 aliphatic rings. The zero-order valence-electron chi connectivity index (χ0n) is 9.55. The van der Waals surface area contributed by atoms with E-state index in [0.29, 0.717) is 12.5 Å². The Morgan fingerprint density at radius 2 is 2.21 bits per heavy atom. The summed E-state index contributed by atoms with van der Waals surface area (Å²) in [4.78, 5) is 13.2. The largest absolute Gasteiger partial charge is 0.304 e. The van der Waals surface area contributed by atoms with E-state index < -0.39 is 0 Å². The lowest BCUT2D eigenvalue weighted by Crippen LogP contribution is -2.34. The molecule has 0 rings (SSSR count). The number of amides is 1. The lowest BCUT2D eigenvalue weighted by atomic mass is 10.1. The van der Waals surface area contributed by atoms with Crippen LogP contribution in [-0.4, -0.2) is 30.4 Å². The summed E-state index contributed by atoms with van der Waals surface area (Å²) >= 11 is 0. The molecule has 1 atom stereocenters. The summed E-state index contributed by atoms with van der Waals surface area (Å²) in [6.45, 7) is 5.42. The normalized spacial score (nSPS) is 12.9. The molecule has 0 spiro atoms. The molecule has 0 saturated carbocycles. The second-order valence-electron chi connectivity index (χ2n) is 3.79. The molecule has 0 radical (unpaired) electrons. The van der Waals surface area contributed by atoms with E-state index in [0.717, 1.165) is 13.0 Å². The van der Waals surface area contributed by atoms with Gasteiger partial charge in [-0.3, -0.25) is 10.2 Å². The third-order valence-electron chi connectivity index (χ3n) is 2.57. The molecule has 4 heteroatoms. The van der Waals surface area contributed by atoms with Crippen LogP contribution in [0.25, 0.3) is 0 Å². The molecule has 1 unspecified atom stereocenters. The van der Waals surface area contributed by atoms with Crippen molar-refractivity contribution in [2.75, 3.05) is 13.6 Å².